The lowest BCUT2D eigenvalue weighted by Crippen LogP contribution is -2.52. The summed E-state index contributed by atoms with van der Waals surface area (Å²) in [6.45, 7) is 4.19. The van der Waals surface area contributed by atoms with E-state index in [0.29, 0.717) is 30.1 Å². The van der Waals surface area contributed by atoms with Crippen LogP contribution in [0.25, 0.3) is 0 Å². The SMILES string of the molecule is I.NC(=NC1CC2OCCCC12)NC1CCN(Cc2ccccc2)CC1. The number of ether oxygens (including phenoxy) is 1. The number of benzene rings is 1. The second-order valence-electron chi connectivity index (χ2n) is 7.71. The van der Waals surface area contributed by atoms with Crippen molar-refractivity contribution in [3.8, 4) is 0 Å². The Morgan fingerprint density at radius 3 is 2.69 bits per heavy atom. The second-order valence-corrected chi connectivity index (χ2v) is 7.71. The number of rotatable bonds is 4. The number of aliphatic imine (C=N–C) groups is 1. The van der Waals surface area contributed by atoms with Crippen LogP contribution in [0.2, 0.25) is 0 Å². The van der Waals surface area contributed by atoms with Gasteiger partial charge in [0.25, 0.3) is 0 Å². The quantitative estimate of drug-likeness (QED) is 0.404. The lowest BCUT2D eigenvalue weighted by atomic mass is 9.73. The van der Waals surface area contributed by atoms with Crippen molar-refractivity contribution >= 4 is 29.9 Å². The van der Waals surface area contributed by atoms with E-state index >= 15 is 0 Å². The van der Waals surface area contributed by atoms with Crippen LogP contribution < -0.4 is 11.1 Å². The zero-order chi connectivity index (χ0) is 17.1. The van der Waals surface area contributed by atoms with E-state index in [9.17, 15) is 0 Å². The molecule has 3 N–H and O–H groups in total. The molecule has 2 heterocycles. The highest BCUT2D eigenvalue weighted by Gasteiger charge is 2.43. The first-order valence-electron chi connectivity index (χ1n) is 9.75. The van der Waals surface area contributed by atoms with Gasteiger partial charge < -0.3 is 15.8 Å². The molecule has 0 radical (unpaired) electrons. The largest absolute Gasteiger partial charge is 0.378 e. The van der Waals surface area contributed by atoms with Gasteiger partial charge in [-0.2, -0.15) is 0 Å². The molecule has 5 nitrogen and oxygen atoms in total. The number of nitrogens with zero attached hydrogens (tertiary/aromatic N) is 2. The smallest absolute Gasteiger partial charge is 0.189 e. The number of hydrogen-bond donors (Lipinski definition) is 2. The van der Waals surface area contributed by atoms with Gasteiger partial charge in [-0.25, -0.2) is 4.99 Å². The number of halogens is 1. The molecule has 1 aliphatic carbocycles. The fraction of sp³-hybridized carbons (Fsp3) is 0.650. The molecule has 3 aliphatic rings. The molecule has 3 unspecified atom stereocenters. The van der Waals surface area contributed by atoms with Crippen LogP contribution in [0, 0.1) is 5.92 Å². The Balaban J connectivity index is 0.00000196. The Hall–Kier alpha value is -0.860. The molecule has 2 saturated heterocycles. The van der Waals surface area contributed by atoms with Crippen molar-refractivity contribution in [2.24, 2.45) is 16.6 Å². The van der Waals surface area contributed by atoms with Gasteiger partial charge in [-0.1, -0.05) is 30.3 Å². The van der Waals surface area contributed by atoms with Gasteiger partial charge in [0.2, 0.25) is 0 Å². The first-order chi connectivity index (χ1) is 12.3. The van der Waals surface area contributed by atoms with Gasteiger partial charge in [-0.3, -0.25) is 4.90 Å². The maximum atomic E-state index is 6.18. The van der Waals surface area contributed by atoms with Crippen LogP contribution in [-0.2, 0) is 11.3 Å². The Bertz CT molecular complexity index is 589. The Morgan fingerprint density at radius 2 is 1.96 bits per heavy atom. The van der Waals surface area contributed by atoms with Crippen molar-refractivity contribution in [1.82, 2.24) is 10.2 Å². The number of fused-ring (bicyclic) bond motifs is 1. The highest BCUT2D eigenvalue weighted by atomic mass is 127. The molecule has 0 bridgehead atoms. The fourth-order valence-electron chi connectivity index (χ4n) is 4.41. The highest BCUT2D eigenvalue weighted by molar-refractivity contribution is 14.0. The Morgan fingerprint density at radius 1 is 1.19 bits per heavy atom. The summed E-state index contributed by atoms with van der Waals surface area (Å²) >= 11 is 0. The zero-order valence-corrected chi connectivity index (χ0v) is 17.7. The summed E-state index contributed by atoms with van der Waals surface area (Å²) < 4.78 is 5.76. The van der Waals surface area contributed by atoms with E-state index in [1.54, 1.807) is 0 Å². The zero-order valence-electron chi connectivity index (χ0n) is 15.3. The minimum atomic E-state index is 0. The van der Waals surface area contributed by atoms with E-state index in [0.717, 1.165) is 45.5 Å². The van der Waals surface area contributed by atoms with E-state index in [-0.39, 0.29) is 24.0 Å². The molecular weight excluding hydrogens is 439 g/mol. The van der Waals surface area contributed by atoms with Crippen LogP contribution in [0.4, 0.5) is 0 Å². The van der Waals surface area contributed by atoms with Crippen molar-refractivity contribution in [2.45, 2.75) is 56.8 Å². The Kier molecular flexibility index (Phi) is 7.17. The van der Waals surface area contributed by atoms with Crippen LogP contribution in [-0.4, -0.2) is 48.7 Å². The standard InChI is InChI=1S/C20H30N4O.HI/c21-20(23-18-13-19-17(18)7-4-12-25-19)22-16-8-10-24(11-9-16)14-15-5-2-1-3-6-15;/h1-3,5-6,16-19H,4,7-14H2,(H3,21,22,23);1H. The van der Waals surface area contributed by atoms with Crippen molar-refractivity contribution < 1.29 is 4.74 Å². The van der Waals surface area contributed by atoms with Crippen molar-refractivity contribution in [1.29, 1.82) is 0 Å². The molecule has 2 aliphatic heterocycles. The van der Waals surface area contributed by atoms with Crippen LogP contribution in [0.5, 0.6) is 0 Å². The third kappa shape index (κ3) is 4.89. The number of likely N-dealkylation sites (tertiary alicyclic amines) is 1. The molecule has 1 aromatic rings. The monoisotopic (exact) mass is 470 g/mol. The maximum Gasteiger partial charge on any atom is 0.189 e. The maximum absolute atomic E-state index is 6.18. The van der Waals surface area contributed by atoms with Crippen LogP contribution in [0.3, 0.4) is 0 Å². The molecule has 144 valence electrons. The van der Waals surface area contributed by atoms with Crippen LogP contribution in [0.1, 0.15) is 37.7 Å². The van der Waals surface area contributed by atoms with Gasteiger partial charge in [-0.15, -0.1) is 24.0 Å². The summed E-state index contributed by atoms with van der Waals surface area (Å²) in [4.78, 5) is 7.26. The molecule has 1 saturated carbocycles. The van der Waals surface area contributed by atoms with Crippen molar-refractivity contribution in [3.63, 3.8) is 0 Å². The van der Waals surface area contributed by atoms with E-state index < -0.39 is 0 Å². The number of nitrogens with one attached hydrogen (secondary N) is 1. The van der Waals surface area contributed by atoms with Crippen molar-refractivity contribution in [3.05, 3.63) is 35.9 Å². The third-order valence-corrected chi connectivity index (χ3v) is 5.95. The van der Waals surface area contributed by atoms with Crippen LogP contribution >= 0.6 is 24.0 Å². The van der Waals surface area contributed by atoms with Gasteiger partial charge in [0.15, 0.2) is 5.96 Å². The van der Waals surface area contributed by atoms with Gasteiger partial charge >= 0.3 is 0 Å². The average Bonchev–Trinajstić information content (AvgIpc) is 2.62. The first-order valence-corrected chi connectivity index (χ1v) is 9.75. The lowest BCUT2D eigenvalue weighted by Gasteiger charge is -2.45. The number of guanidine groups is 1. The fourth-order valence-corrected chi connectivity index (χ4v) is 4.41. The summed E-state index contributed by atoms with van der Waals surface area (Å²) in [5.74, 6) is 1.23. The number of nitrogens with two attached hydrogens (primary N) is 1. The first kappa shape index (κ1) is 19.9. The molecule has 4 rings (SSSR count). The summed E-state index contributed by atoms with van der Waals surface area (Å²) in [6, 6.07) is 11.5. The number of piperidine rings is 1. The predicted molar refractivity (Wildman–Crippen MR) is 116 cm³/mol. The molecule has 3 atom stereocenters. The van der Waals surface area contributed by atoms with Gasteiger partial charge in [0.1, 0.15) is 0 Å². The van der Waals surface area contributed by atoms with E-state index in [4.69, 9.17) is 15.5 Å². The van der Waals surface area contributed by atoms with Gasteiger partial charge in [0.05, 0.1) is 12.1 Å². The summed E-state index contributed by atoms with van der Waals surface area (Å²) in [6.07, 6.45) is 6.15. The van der Waals surface area contributed by atoms with E-state index in [2.05, 4.69) is 40.5 Å². The average molecular weight is 470 g/mol. The molecule has 0 aromatic heterocycles. The lowest BCUT2D eigenvalue weighted by molar-refractivity contribution is -0.0938. The van der Waals surface area contributed by atoms with Crippen LogP contribution in [0.15, 0.2) is 35.3 Å². The van der Waals surface area contributed by atoms with E-state index in [1.807, 2.05) is 0 Å². The molecule has 26 heavy (non-hydrogen) atoms. The predicted octanol–water partition coefficient (Wildman–Crippen LogP) is 2.74. The normalized spacial score (nSPS) is 30.0. The second kappa shape index (κ2) is 9.37. The number of hydrogen-bond acceptors (Lipinski definition) is 3. The van der Waals surface area contributed by atoms with Gasteiger partial charge in [-0.05, 0) is 37.7 Å². The summed E-state index contributed by atoms with van der Waals surface area (Å²) in [7, 11) is 0. The molecular formula is C20H31IN4O. The molecule has 1 aromatic carbocycles. The minimum Gasteiger partial charge on any atom is -0.378 e. The molecule has 6 heteroatoms. The minimum absolute atomic E-state index is 0. The molecule has 0 spiro atoms. The highest BCUT2D eigenvalue weighted by Crippen LogP contribution is 2.39. The summed E-state index contributed by atoms with van der Waals surface area (Å²) in [5.41, 5.74) is 7.57. The molecule has 0 amide bonds. The Labute approximate surface area is 173 Å². The summed E-state index contributed by atoms with van der Waals surface area (Å²) in [5, 5.41) is 3.46. The third-order valence-electron chi connectivity index (χ3n) is 5.95. The van der Waals surface area contributed by atoms with Gasteiger partial charge in [0, 0.05) is 38.2 Å². The van der Waals surface area contributed by atoms with Crippen molar-refractivity contribution in [2.75, 3.05) is 19.7 Å². The topological polar surface area (TPSA) is 62.9 Å². The molecule has 3 fully saturated rings. The van der Waals surface area contributed by atoms with E-state index in [1.165, 1.54) is 18.4 Å².